The van der Waals surface area contributed by atoms with Gasteiger partial charge in [-0.1, -0.05) is 68.9 Å². The van der Waals surface area contributed by atoms with Crippen molar-refractivity contribution in [3.63, 3.8) is 0 Å². The zero-order valence-electron chi connectivity index (χ0n) is 25.2. The summed E-state index contributed by atoms with van der Waals surface area (Å²) in [6, 6.07) is 0. The van der Waals surface area contributed by atoms with Crippen molar-refractivity contribution in [2.24, 2.45) is 0 Å². The average molecular weight is 635 g/mol. The summed E-state index contributed by atoms with van der Waals surface area (Å²) in [7, 11) is -5.04. The maximum absolute atomic E-state index is 11.9. The van der Waals surface area contributed by atoms with E-state index >= 15 is 0 Å². The van der Waals surface area contributed by atoms with Crippen LogP contribution < -0.4 is 0 Å². The van der Waals surface area contributed by atoms with Crippen LogP contribution >= 0.6 is 0 Å². The molecule has 6 atom stereocenters. The number of aliphatic hydroxyl groups is 3. The molecule has 1 aliphatic rings. The number of carbonyl (C=O) groups excluding carboxylic acids is 1. The predicted molar refractivity (Wildman–Crippen MR) is 160 cm³/mol. The molecule has 0 aliphatic carbocycles. The Bertz CT molecular complexity index is 962. The minimum absolute atomic E-state index is 0.00240. The number of aliphatic hydroxyl groups excluding tert-OH is 3. The largest absolute Gasteiger partial charge is 0.457 e. The summed E-state index contributed by atoms with van der Waals surface area (Å²) in [5.74, 6) is -0.503. The fraction of sp³-hybridized carbons (Fsp3) is 0.700. The highest BCUT2D eigenvalue weighted by Gasteiger charge is 2.48. The molecule has 0 aromatic rings. The van der Waals surface area contributed by atoms with Gasteiger partial charge in [0.2, 0.25) is 0 Å². The molecule has 0 spiro atoms. The van der Waals surface area contributed by atoms with Gasteiger partial charge in [-0.3, -0.25) is 9.35 Å². The Morgan fingerprint density at radius 3 is 2.09 bits per heavy atom. The van der Waals surface area contributed by atoms with Crippen molar-refractivity contribution in [2.75, 3.05) is 26.4 Å². The maximum Gasteiger partial charge on any atom is 0.397 e. The highest BCUT2D eigenvalue weighted by Crippen LogP contribution is 2.25. The first-order chi connectivity index (χ1) is 20.6. The summed E-state index contributed by atoms with van der Waals surface area (Å²) in [4.78, 5) is 11.9. The third-order valence-corrected chi connectivity index (χ3v) is 6.74. The molecule has 1 aliphatic heterocycles. The molecule has 0 bridgehead atoms. The number of rotatable bonds is 23. The molecule has 4 N–H and O–H groups in total. The normalized spacial score (nSPS) is 24.1. The molecule has 1 rings (SSSR count). The molecule has 0 radical (unpaired) electrons. The molecule has 0 amide bonds. The van der Waals surface area contributed by atoms with Crippen LogP contribution in [0.5, 0.6) is 0 Å². The van der Waals surface area contributed by atoms with Crippen LogP contribution in [0.3, 0.4) is 0 Å². The second kappa shape index (κ2) is 23.4. The molecule has 0 saturated carbocycles. The molecular weight excluding hydrogens is 584 g/mol. The van der Waals surface area contributed by atoms with Gasteiger partial charge < -0.3 is 34.3 Å². The average Bonchev–Trinajstić information content (AvgIpc) is 2.97. The SMILES string of the molecule is CC/C=C\C/C=C\C/C=C\C/C=C\CCCCCOCC(COC1OC(CO)C(O)C(OS(=O)(=O)O)C1O)OC(=O)CC. The molecule has 248 valence electrons. The molecule has 0 aromatic heterocycles. The van der Waals surface area contributed by atoms with Crippen LogP contribution in [0.1, 0.15) is 71.6 Å². The molecule has 13 heteroatoms. The summed E-state index contributed by atoms with van der Waals surface area (Å²) in [5.41, 5.74) is 0. The van der Waals surface area contributed by atoms with Crippen molar-refractivity contribution >= 4 is 16.4 Å². The number of hydrogen-bond donors (Lipinski definition) is 4. The van der Waals surface area contributed by atoms with Crippen molar-refractivity contribution in [1.29, 1.82) is 0 Å². The number of esters is 1. The van der Waals surface area contributed by atoms with Gasteiger partial charge in [-0.25, -0.2) is 4.18 Å². The summed E-state index contributed by atoms with van der Waals surface area (Å²) < 4.78 is 57.4. The number of allylic oxidation sites excluding steroid dienone is 8. The van der Waals surface area contributed by atoms with E-state index in [2.05, 4.69) is 59.7 Å². The molecule has 43 heavy (non-hydrogen) atoms. The lowest BCUT2D eigenvalue weighted by Gasteiger charge is -2.41. The summed E-state index contributed by atoms with van der Waals surface area (Å²) in [6.07, 6.45) is 15.8. The second-order valence-electron chi connectivity index (χ2n) is 9.92. The van der Waals surface area contributed by atoms with E-state index in [0.717, 1.165) is 51.4 Å². The first-order valence-electron chi connectivity index (χ1n) is 14.9. The van der Waals surface area contributed by atoms with Crippen molar-refractivity contribution in [3.05, 3.63) is 48.6 Å². The Balaban J connectivity index is 2.36. The highest BCUT2D eigenvalue weighted by molar-refractivity contribution is 7.80. The van der Waals surface area contributed by atoms with Gasteiger partial charge >= 0.3 is 16.4 Å². The maximum atomic E-state index is 11.9. The quantitative estimate of drug-likeness (QED) is 0.0559. The Morgan fingerprint density at radius 1 is 0.884 bits per heavy atom. The Labute approximate surface area is 256 Å². The third kappa shape index (κ3) is 18.5. The van der Waals surface area contributed by atoms with Crippen molar-refractivity contribution in [2.45, 2.75) is 108 Å². The van der Waals surface area contributed by atoms with Crippen LogP contribution in [0.25, 0.3) is 0 Å². The van der Waals surface area contributed by atoms with E-state index in [1.54, 1.807) is 6.92 Å². The van der Waals surface area contributed by atoms with Gasteiger partial charge in [-0.05, 0) is 44.9 Å². The molecule has 1 saturated heterocycles. The number of hydrogen-bond acceptors (Lipinski definition) is 11. The number of ether oxygens (including phenoxy) is 4. The van der Waals surface area contributed by atoms with Crippen LogP contribution in [0.15, 0.2) is 48.6 Å². The predicted octanol–water partition coefficient (Wildman–Crippen LogP) is 3.33. The van der Waals surface area contributed by atoms with E-state index in [0.29, 0.717) is 6.61 Å². The van der Waals surface area contributed by atoms with E-state index < -0.39 is 59.8 Å². The highest BCUT2D eigenvalue weighted by atomic mass is 32.3. The van der Waals surface area contributed by atoms with Crippen LogP contribution in [0, 0.1) is 0 Å². The number of carbonyl (C=O) groups is 1. The van der Waals surface area contributed by atoms with Gasteiger partial charge in [0, 0.05) is 13.0 Å². The monoisotopic (exact) mass is 634 g/mol. The topological polar surface area (TPSA) is 178 Å². The fourth-order valence-electron chi connectivity index (χ4n) is 3.99. The first-order valence-corrected chi connectivity index (χ1v) is 16.3. The lowest BCUT2D eigenvalue weighted by atomic mass is 9.99. The van der Waals surface area contributed by atoms with Gasteiger partial charge in [-0.2, -0.15) is 8.42 Å². The van der Waals surface area contributed by atoms with E-state index in [9.17, 15) is 28.5 Å². The van der Waals surface area contributed by atoms with Gasteiger partial charge in [0.15, 0.2) is 6.29 Å². The van der Waals surface area contributed by atoms with Crippen molar-refractivity contribution in [3.8, 4) is 0 Å². The Morgan fingerprint density at radius 2 is 1.51 bits per heavy atom. The Hall–Kier alpha value is -1.94. The van der Waals surface area contributed by atoms with E-state index in [1.165, 1.54) is 0 Å². The van der Waals surface area contributed by atoms with Gasteiger partial charge in [-0.15, -0.1) is 0 Å². The lowest BCUT2D eigenvalue weighted by Crippen LogP contribution is -2.60. The van der Waals surface area contributed by atoms with Crippen molar-refractivity contribution in [1.82, 2.24) is 0 Å². The minimum Gasteiger partial charge on any atom is -0.457 e. The lowest BCUT2D eigenvalue weighted by molar-refractivity contribution is -0.301. The summed E-state index contributed by atoms with van der Waals surface area (Å²) in [5, 5.41) is 30.0. The second-order valence-corrected chi connectivity index (χ2v) is 11.0. The van der Waals surface area contributed by atoms with E-state index in [1.807, 2.05) is 0 Å². The number of unbranched alkanes of at least 4 members (excludes halogenated alkanes) is 3. The van der Waals surface area contributed by atoms with Crippen LogP contribution in [0.4, 0.5) is 0 Å². The summed E-state index contributed by atoms with van der Waals surface area (Å²) >= 11 is 0. The van der Waals surface area contributed by atoms with Gasteiger partial charge in [0.1, 0.15) is 30.5 Å². The van der Waals surface area contributed by atoms with E-state index in [4.69, 9.17) is 23.5 Å². The molecule has 1 heterocycles. The third-order valence-electron chi connectivity index (χ3n) is 6.27. The van der Waals surface area contributed by atoms with Gasteiger partial charge in [0.05, 0.1) is 19.8 Å². The van der Waals surface area contributed by atoms with Gasteiger partial charge in [0.25, 0.3) is 0 Å². The molecular formula is C30H50O12S. The first kappa shape index (κ1) is 39.1. The fourth-order valence-corrected chi connectivity index (χ4v) is 4.50. The summed E-state index contributed by atoms with van der Waals surface area (Å²) in [6.45, 7) is 3.13. The van der Waals surface area contributed by atoms with Crippen molar-refractivity contribution < 1.29 is 56.2 Å². The van der Waals surface area contributed by atoms with E-state index in [-0.39, 0.29) is 19.6 Å². The zero-order valence-corrected chi connectivity index (χ0v) is 26.1. The molecule has 0 aromatic carbocycles. The molecule has 1 fully saturated rings. The molecule has 6 unspecified atom stereocenters. The smallest absolute Gasteiger partial charge is 0.397 e. The van der Waals surface area contributed by atoms with Crippen LogP contribution in [-0.2, 0) is 38.3 Å². The minimum atomic E-state index is -5.04. The van der Waals surface area contributed by atoms with Crippen LogP contribution in [0.2, 0.25) is 0 Å². The molecule has 12 nitrogen and oxygen atoms in total. The zero-order chi connectivity index (χ0) is 31.9. The van der Waals surface area contributed by atoms with Crippen LogP contribution in [-0.4, -0.2) is 97.5 Å². The Kier molecular flexibility index (Phi) is 21.3. The standard InChI is InChI=1S/C30H50O12S/c1-3-5-6-7-8-9-10-11-12-13-14-15-16-17-18-19-20-38-22-24(40-26(32)4-2)23-39-30-28(34)29(42-43(35,36)37)27(33)25(21-31)41-30/h5-6,8-9,11-12,14-15,24-25,27-31,33-34H,3-4,7,10,13,16-23H2,1-2H3,(H,35,36,37)/b6-5-,9-8-,12-11-,15-14-.